The van der Waals surface area contributed by atoms with E-state index in [2.05, 4.69) is 25.6 Å². The van der Waals surface area contributed by atoms with Crippen LogP contribution in [0.15, 0.2) is 41.8 Å². The molecule has 29 heavy (non-hydrogen) atoms. The van der Waals surface area contributed by atoms with Gasteiger partial charge in [0.1, 0.15) is 5.82 Å². The highest BCUT2D eigenvalue weighted by Gasteiger charge is 2.13. The van der Waals surface area contributed by atoms with Crippen LogP contribution in [0.25, 0.3) is 10.2 Å². The number of aromatic nitrogens is 3. The van der Waals surface area contributed by atoms with Gasteiger partial charge in [-0.05, 0) is 25.1 Å². The third-order valence-corrected chi connectivity index (χ3v) is 5.59. The topological polar surface area (TPSA) is 123 Å². The standard InChI is InChI=1S/C18H14N6O3S2/c1-10-3-2-4-15(19-10)22-17-20-11(9-28-17)7-16(25)23-18-21-13-6-5-12(24(26)27)8-14(13)29-18/h2-6,8-9H,7H2,1H3,(H,19,20,22)(H,21,23,25). The number of nitro benzene ring substituents is 1. The van der Waals surface area contributed by atoms with Crippen LogP contribution in [0.2, 0.25) is 0 Å². The second-order valence-electron chi connectivity index (χ2n) is 6.09. The molecule has 9 nitrogen and oxygen atoms in total. The molecule has 11 heteroatoms. The first-order chi connectivity index (χ1) is 14.0. The van der Waals surface area contributed by atoms with Gasteiger partial charge in [0, 0.05) is 23.2 Å². The third-order valence-electron chi connectivity index (χ3n) is 3.85. The van der Waals surface area contributed by atoms with Crippen LogP contribution in [-0.2, 0) is 11.2 Å². The molecule has 1 amide bonds. The lowest BCUT2D eigenvalue weighted by Gasteiger charge is -2.02. The van der Waals surface area contributed by atoms with Crippen LogP contribution in [0.1, 0.15) is 11.4 Å². The highest BCUT2D eigenvalue weighted by Crippen LogP contribution is 2.29. The van der Waals surface area contributed by atoms with E-state index in [1.807, 2.05) is 25.1 Å². The van der Waals surface area contributed by atoms with Crippen LogP contribution >= 0.6 is 22.7 Å². The molecule has 2 N–H and O–H groups in total. The average molecular weight is 426 g/mol. The van der Waals surface area contributed by atoms with Crippen molar-refractivity contribution in [1.29, 1.82) is 0 Å². The van der Waals surface area contributed by atoms with Crippen molar-refractivity contribution in [3.05, 3.63) is 63.3 Å². The van der Waals surface area contributed by atoms with E-state index in [0.717, 1.165) is 5.69 Å². The van der Waals surface area contributed by atoms with E-state index < -0.39 is 4.92 Å². The number of nitrogens with one attached hydrogen (secondary N) is 2. The first-order valence-corrected chi connectivity index (χ1v) is 10.2. The van der Waals surface area contributed by atoms with E-state index in [0.29, 0.717) is 32.0 Å². The number of nitrogens with zero attached hydrogens (tertiary/aromatic N) is 4. The predicted molar refractivity (Wildman–Crippen MR) is 113 cm³/mol. The van der Waals surface area contributed by atoms with Crippen LogP contribution < -0.4 is 10.6 Å². The average Bonchev–Trinajstić information content (AvgIpc) is 3.26. The van der Waals surface area contributed by atoms with E-state index in [9.17, 15) is 14.9 Å². The Morgan fingerprint density at radius 1 is 1.17 bits per heavy atom. The number of nitro groups is 1. The molecule has 146 valence electrons. The number of fused-ring (bicyclic) bond motifs is 1. The Labute approximate surface area is 172 Å². The zero-order valence-electron chi connectivity index (χ0n) is 15.1. The Balaban J connectivity index is 1.40. The number of amides is 1. The van der Waals surface area contributed by atoms with Gasteiger partial charge in [-0.15, -0.1) is 11.3 Å². The van der Waals surface area contributed by atoms with Gasteiger partial charge in [-0.25, -0.2) is 15.0 Å². The first kappa shape index (κ1) is 18.9. The molecule has 0 unspecified atom stereocenters. The third kappa shape index (κ3) is 4.52. The summed E-state index contributed by atoms with van der Waals surface area (Å²) in [6.07, 6.45) is 0.0928. The summed E-state index contributed by atoms with van der Waals surface area (Å²) in [5.41, 5.74) is 2.11. The van der Waals surface area contributed by atoms with Gasteiger partial charge < -0.3 is 10.6 Å². The van der Waals surface area contributed by atoms with Crippen molar-refractivity contribution in [3.63, 3.8) is 0 Å². The van der Waals surface area contributed by atoms with Gasteiger partial charge in [0.05, 0.1) is 27.3 Å². The minimum atomic E-state index is -0.461. The number of benzene rings is 1. The number of carbonyl (C=O) groups excluding carboxylic acids is 1. The minimum Gasteiger partial charge on any atom is -0.316 e. The lowest BCUT2D eigenvalue weighted by atomic mass is 10.3. The molecule has 0 saturated carbocycles. The highest BCUT2D eigenvalue weighted by molar-refractivity contribution is 7.22. The Bertz CT molecular complexity index is 1220. The largest absolute Gasteiger partial charge is 0.316 e. The molecule has 0 bridgehead atoms. The molecule has 4 rings (SSSR count). The Hall–Kier alpha value is -3.44. The molecule has 3 aromatic heterocycles. The summed E-state index contributed by atoms with van der Waals surface area (Å²) in [5.74, 6) is 0.433. The fourth-order valence-electron chi connectivity index (χ4n) is 2.58. The molecule has 0 aliphatic rings. The predicted octanol–water partition coefficient (Wildman–Crippen LogP) is 4.29. The number of thiazole rings is 2. The molecular weight excluding hydrogens is 412 g/mol. The molecule has 3 heterocycles. The summed E-state index contributed by atoms with van der Waals surface area (Å²) in [7, 11) is 0. The smallest absolute Gasteiger partial charge is 0.270 e. The summed E-state index contributed by atoms with van der Waals surface area (Å²) in [5, 5.41) is 19.6. The number of carbonyl (C=O) groups is 1. The van der Waals surface area contributed by atoms with E-state index in [-0.39, 0.29) is 18.0 Å². The number of pyridine rings is 1. The fourth-order valence-corrected chi connectivity index (χ4v) is 4.21. The molecule has 0 radical (unpaired) electrons. The van der Waals surface area contributed by atoms with E-state index in [1.165, 1.54) is 34.8 Å². The van der Waals surface area contributed by atoms with E-state index >= 15 is 0 Å². The van der Waals surface area contributed by atoms with Gasteiger partial charge in [-0.2, -0.15) is 0 Å². The second-order valence-corrected chi connectivity index (χ2v) is 7.98. The van der Waals surface area contributed by atoms with Crippen molar-refractivity contribution >= 4 is 60.6 Å². The van der Waals surface area contributed by atoms with Crippen LogP contribution in [0.3, 0.4) is 0 Å². The van der Waals surface area contributed by atoms with Crippen LogP contribution in [-0.4, -0.2) is 25.8 Å². The first-order valence-electron chi connectivity index (χ1n) is 8.46. The maximum absolute atomic E-state index is 12.3. The zero-order chi connectivity index (χ0) is 20.4. The summed E-state index contributed by atoms with van der Waals surface area (Å²) < 4.78 is 0.639. The lowest BCUT2D eigenvalue weighted by molar-refractivity contribution is -0.384. The van der Waals surface area contributed by atoms with Gasteiger partial charge in [0.25, 0.3) is 5.69 Å². The van der Waals surface area contributed by atoms with Crippen molar-refractivity contribution in [2.24, 2.45) is 0 Å². The molecule has 4 aromatic rings. The van der Waals surface area contributed by atoms with Crippen LogP contribution in [0.4, 0.5) is 21.8 Å². The molecule has 0 saturated heterocycles. The molecule has 0 fully saturated rings. The quantitative estimate of drug-likeness (QED) is 0.348. The molecule has 0 spiro atoms. The number of hydrogen-bond donors (Lipinski definition) is 2. The Morgan fingerprint density at radius 2 is 2.03 bits per heavy atom. The normalized spacial score (nSPS) is 10.8. The SMILES string of the molecule is Cc1cccc(Nc2nc(CC(=O)Nc3nc4ccc([N+](=O)[O-])cc4s3)cs2)n1. The monoisotopic (exact) mass is 426 g/mol. The molecule has 0 aliphatic carbocycles. The van der Waals surface area contributed by atoms with Crippen molar-refractivity contribution in [1.82, 2.24) is 15.0 Å². The summed E-state index contributed by atoms with van der Waals surface area (Å²) >= 11 is 2.58. The van der Waals surface area contributed by atoms with E-state index in [1.54, 1.807) is 11.4 Å². The Morgan fingerprint density at radius 3 is 2.83 bits per heavy atom. The fraction of sp³-hybridized carbons (Fsp3) is 0.111. The van der Waals surface area contributed by atoms with Gasteiger partial charge in [0.15, 0.2) is 10.3 Å². The van der Waals surface area contributed by atoms with Gasteiger partial charge in [0.2, 0.25) is 5.91 Å². The van der Waals surface area contributed by atoms with Gasteiger partial charge in [-0.1, -0.05) is 17.4 Å². The Kier molecular flexibility index (Phi) is 5.14. The minimum absolute atomic E-state index is 0.00960. The summed E-state index contributed by atoms with van der Waals surface area (Å²) in [4.78, 5) is 35.8. The maximum atomic E-state index is 12.3. The highest BCUT2D eigenvalue weighted by atomic mass is 32.1. The van der Waals surface area contributed by atoms with Crippen molar-refractivity contribution in [3.8, 4) is 0 Å². The molecular formula is C18H14N6O3S2. The number of hydrogen-bond acceptors (Lipinski definition) is 9. The lowest BCUT2D eigenvalue weighted by Crippen LogP contribution is -2.14. The summed E-state index contributed by atoms with van der Waals surface area (Å²) in [6.45, 7) is 1.91. The van der Waals surface area contributed by atoms with Crippen molar-refractivity contribution in [2.75, 3.05) is 10.6 Å². The molecule has 0 atom stereocenters. The summed E-state index contributed by atoms with van der Waals surface area (Å²) in [6, 6.07) is 10.1. The molecule has 1 aromatic carbocycles. The number of anilines is 3. The van der Waals surface area contributed by atoms with E-state index in [4.69, 9.17) is 0 Å². The number of non-ortho nitro benzene ring substituents is 1. The van der Waals surface area contributed by atoms with Crippen LogP contribution in [0.5, 0.6) is 0 Å². The number of rotatable bonds is 6. The second kappa shape index (κ2) is 7.89. The van der Waals surface area contributed by atoms with Gasteiger partial charge >= 0.3 is 0 Å². The molecule has 0 aliphatic heterocycles. The zero-order valence-corrected chi connectivity index (χ0v) is 16.7. The maximum Gasteiger partial charge on any atom is 0.270 e. The number of aryl methyl sites for hydroxylation is 1. The van der Waals surface area contributed by atoms with Crippen molar-refractivity contribution < 1.29 is 9.72 Å². The van der Waals surface area contributed by atoms with Crippen LogP contribution in [0, 0.1) is 17.0 Å². The van der Waals surface area contributed by atoms with Crippen molar-refractivity contribution in [2.45, 2.75) is 13.3 Å². The van der Waals surface area contributed by atoms with Gasteiger partial charge in [-0.3, -0.25) is 14.9 Å².